The Kier molecular flexibility index (Phi) is 4.42. The predicted octanol–water partition coefficient (Wildman–Crippen LogP) is 5.20. The molecule has 122 valence electrons. The van der Waals surface area contributed by atoms with E-state index in [2.05, 4.69) is 58.8 Å². The molecule has 0 saturated carbocycles. The lowest BCUT2D eigenvalue weighted by atomic mass is 9.91. The summed E-state index contributed by atoms with van der Waals surface area (Å²) in [5.41, 5.74) is 5.21. The SMILES string of the molecule is Clc1ccc2[nH]ccc2c1CCC1CC(c2ccccc2)=CCN1. The topological polar surface area (TPSA) is 27.8 Å². The molecule has 3 heteroatoms. The Balaban J connectivity index is 1.47. The molecule has 4 rings (SSSR count). The van der Waals surface area contributed by atoms with Crippen molar-refractivity contribution in [2.45, 2.75) is 25.3 Å². The van der Waals surface area contributed by atoms with Crippen molar-refractivity contribution in [3.05, 3.63) is 77.0 Å². The molecule has 2 nitrogen and oxygen atoms in total. The first-order chi connectivity index (χ1) is 11.8. The average molecular weight is 337 g/mol. The Labute approximate surface area is 147 Å². The molecule has 2 N–H and O–H groups in total. The molecular formula is C21H21ClN2. The monoisotopic (exact) mass is 336 g/mol. The molecule has 24 heavy (non-hydrogen) atoms. The summed E-state index contributed by atoms with van der Waals surface area (Å²) in [4.78, 5) is 3.27. The van der Waals surface area contributed by atoms with Gasteiger partial charge in [-0.25, -0.2) is 0 Å². The molecule has 2 aromatic carbocycles. The van der Waals surface area contributed by atoms with E-state index in [0.717, 1.165) is 36.3 Å². The number of H-pyrrole nitrogens is 1. The van der Waals surface area contributed by atoms with Gasteiger partial charge in [0.2, 0.25) is 0 Å². The van der Waals surface area contributed by atoms with Gasteiger partial charge < -0.3 is 10.3 Å². The number of aryl methyl sites for hydroxylation is 1. The van der Waals surface area contributed by atoms with Crippen LogP contribution in [0.1, 0.15) is 24.0 Å². The number of rotatable bonds is 4. The van der Waals surface area contributed by atoms with E-state index in [1.165, 1.54) is 22.1 Å². The van der Waals surface area contributed by atoms with Gasteiger partial charge in [-0.3, -0.25) is 0 Å². The fraction of sp³-hybridized carbons (Fsp3) is 0.238. The van der Waals surface area contributed by atoms with Crippen molar-refractivity contribution in [1.82, 2.24) is 10.3 Å². The third kappa shape index (κ3) is 3.12. The predicted molar refractivity (Wildman–Crippen MR) is 102 cm³/mol. The Bertz CT molecular complexity index is 864. The number of halogens is 1. The molecule has 0 radical (unpaired) electrons. The van der Waals surface area contributed by atoms with Crippen molar-refractivity contribution in [3.8, 4) is 0 Å². The highest BCUT2D eigenvalue weighted by atomic mass is 35.5. The molecule has 0 bridgehead atoms. The Hall–Kier alpha value is -2.03. The molecule has 1 aliphatic rings. The fourth-order valence-electron chi connectivity index (χ4n) is 3.60. The summed E-state index contributed by atoms with van der Waals surface area (Å²) in [6, 6.07) is 17.4. The van der Waals surface area contributed by atoms with Gasteiger partial charge >= 0.3 is 0 Å². The number of nitrogens with one attached hydrogen (secondary N) is 2. The molecule has 1 unspecified atom stereocenters. The van der Waals surface area contributed by atoms with E-state index in [-0.39, 0.29) is 0 Å². The molecule has 2 heterocycles. The molecular weight excluding hydrogens is 316 g/mol. The van der Waals surface area contributed by atoms with Gasteiger partial charge in [0.1, 0.15) is 0 Å². The Morgan fingerprint density at radius 1 is 1.04 bits per heavy atom. The summed E-state index contributed by atoms with van der Waals surface area (Å²) >= 11 is 6.46. The van der Waals surface area contributed by atoms with Crippen molar-refractivity contribution in [3.63, 3.8) is 0 Å². The number of aromatic amines is 1. The number of fused-ring (bicyclic) bond motifs is 1. The Morgan fingerprint density at radius 2 is 1.92 bits per heavy atom. The second kappa shape index (κ2) is 6.84. The van der Waals surface area contributed by atoms with Crippen LogP contribution in [0.3, 0.4) is 0 Å². The van der Waals surface area contributed by atoms with Crippen LogP contribution in [-0.4, -0.2) is 17.6 Å². The van der Waals surface area contributed by atoms with Crippen LogP contribution in [0.25, 0.3) is 16.5 Å². The number of hydrogen-bond donors (Lipinski definition) is 2. The van der Waals surface area contributed by atoms with Crippen LogP contribution < -0.4 is 5.32 Å². The normalized spacial score (nSPS) is 17.9. The van der Waals surface area contributed by atoms with Gasteiger partial charge in [-0.15, -0.1) is 0 Å². The highest BCUT2D eigenvalue weighted by molar-refractivity contribution is 6.32. The van der Waals surface area contributed by atoms with Crippen LogP contribution in [0, 0.1) is 0 Å². The maximum absolute atomic E-state index is 6.46. The Morgan fingerprint density at radius 3 is 2.79 bits per heavy atom. The molecule has 0 saturated heterocycles. The van der Waals surface area contributed by atoms with Gasteiger partial charge in [-0.05, 0) is 54.2 Å². The second-order valence-corrected chi connectivity index (χ2v) is 6.82. The minimum atomic E-state index is 0.496. The van der Waals surface area contributed by atoms with E-state index in [1.807, 2.05) is 12.3 Å². The molecule has 3 aromatic rings. The largest absolute Gasteiger partial charge is 0.361 e. The van der Waals surface area contributed by atoms with E-state index in [4.69, 9.17) is 11.6 Å². The van der Waals surface area contributed by atoms with Gasteiger partial charge in [-0.2, -0.15) is 0 Å². The minimum Gasteiger partial charge on any atom is -0.361 e. The van der Waals surface area contributed by atoms with Crippen molar-refractivity contribution in [2.75, 3.05) is 6.54 Å². The maximum atomic E-state index is 6.46. The zero-order chi connectivity index (χ0) is 16.4. The summed E-state index contributed by atoms with van der Waals surface area (Å²) in [5.74, 6) is 0. The summed E-state index contributed by atoms with van der Waals surface area (Å²) in [6.07, 6.45) is 7.46. The molecule has 1 atom stereocenters. The maximum Gasteiger partial charge on any atom is 0.0457 e. The zero-order valence-corrected chi connectivity index (χ0v) is 14.3. The number of benzene rings is 2. The minimum absolute atomic E-state index is 0.496. The smallest absolute Gasteiger partial charge is 0.0457 e. The van der Waals surface area contributed by atoms with Crippen LogP contribution in [0.5, 0.6) is 0 Å². The molecule has 0 aliphatic carbocycles. The van der Waals surface area contributed by atoms with Crippen molar-refractivity contribution in [1.29, 1.82) is 0 Å². The average Bonchev–Trinajstić information content (AvgIpc) is 3.11. The highest BCUT2D eigenvalue weighted by Crippen LogP contribution is 2.29. The van der Waals surface area contributed by atoms with Crippen LogP contribution in [0.4, 0.5) is 0 Å². The first-order valence-corrected chi connectivity index (χ1v) is 8.91. The van der Waals surface area contributed by atoms with Crippen LogP contribution in [0.15, 0.2) is 60.8 Å². The summed E-state index contributed by atoms with van der Waals surface area (Å²) < 4.78 is 0. The zero-order valence-electron chi connectivity index (χ0n) is 13.6. The van der Waals surface area contributed by atoms with E-state index in [9.17, 15) is 0 Å². The summed E-state index contributed by atoms with van der Waals surface area (Å²) in [6.45, 7) is 0.941. The molecule has 1 aliphatic heterocycles. The fourth-order valence-corrected chi connectivity index (χ4v) is 3.86. The van der Waals surface area contributed by atoms with Crippen molar-refractivity contribution < 1.29 is 0 Å². The van der Waals surface area contributed by atoms with Crippen LogP contribution in [0.2, 0.25) is 5.02 Å². The third-order valence-corrected chi connectivity index (χ3v) is 5.25. The van der Waals surface area contributed by atoms with E-state index >= 15 is 0 Å². The van der Waals surface area contributed by atoms with Gasteiger partial charge in [-0.1, -0.05) is 48.0 Å². The van der Waals surface area contributed by atoms with E-state index in [0.29, 0.717) is 6.04 Å². The lowest BCUT2D eigenvalue weighted by Crippen LogP contribution is -2.33. The lowest BCUT2D eigenvalue weighted by molar-refractivity contribution is 0.502. The van der Waals surface area contributed by atoms with Gasteiger partial charge in [0, 0.05) is 34.7 Å². The quantitative estimate of drug-likeness (QED) is 0.673. The molecule has 1 aromatic heterocycles. The van der Waals surface area contributed by atoms with Crippen LogP contribution in [-0.2, 0) is 6.42 Å². The lowest BCUT2D eigenvalue weighted by Gasteiger charge is -2.25. The molecule has 0 spiro atoms. The summed E-state index contributed by atoms with van der Waals surface area (Å²) in [5, 5.41) is 5.74. The van der Waals surface area contributed by atoms with Crippen molar-refractivity contribution in [2.24, 2.45) is 0 Å². The number of hydrogen-bond acceptors (Lipinski definition) is 1. The summed E-state index contributed by atoms with van der Waals surface area (Å²) in [7, 11) is 0. The van der Waals surface area contributed by atoms with E-state index < -0.39 is 0 Å². The van der Waals surface area contributed by atoms with Crippen LogP contribution >= 0.6 is 11.6 Å². The number of aromatic nitrogens is 1. The molecule has 0 amide bonds. The first kappa shape index (κ1) is 15.5. The van der Waals surface area contributed by atoms with Gasteiger partial charge in [0.15, 0.2) is 0 Å². The standard InChI is InChI=1S/C21H21ClN2/c22-20-8-9-21-19(11-13-24-21)18(20)7-6-17-14-16(10-12-23-17)15-4-2-1-3-5-15/h1-5,8-11,13,17,23-24H,6-7,12,14H2. The van der Waals surface area contributed by atoms with Crippen molar-refractivity contribution >= 4 is 28.1 Å². The van der Waals surface area contributed by atoms with Gasteiger partial charge in [0.25, 0.3) is 0 Å². The second-order valence-electron chi connectivity index (χ2n) is 6.41. The molecule has 0 fully saturated rings. The van der Waals surface area contributed by atoms with E-state index in [1.54, 1.807) is 0 Å². The highest BCUT2D eigenvalue weighted by Gasteiger charge is 2.17. The first-order valence-electron chi connectivity index (χ1n) is 8.53. The van der Waals surface area contributed by atoms with Gasteiger partial charge in [0.05, 0.1) is 0 Å². The third-order valence-electron chi connectivity index (χ3n) is 4.90.